The maximum atomic E-state index is 12.7. The van der Waals surface area contributed by atoms with Crippen molar-refractivity contribution < 1.29 is 9.59 Å². The summed E-state index contributed by atoms with van der Waals surface area (Å²) < 4.78 is 3.36. The van der Waals surface area contributed by atoms with Gasteiger partial charge < -0.3 is 10.2 Å². The third-order valence-electron chi connectivity index (χ3n) is 4.09. The Bertz CT molecular complexity index is 943. The van der Waals surface area contributed by atoms with E-state index in [-0.39, 0.29) is 11.8 Å². The maximum Gasteiger partial charge on any atom is 0.273 e. The summed E-state index contributed by atoms with van der Waals surface area (Å²) in [6.07, 6.45) is 5.09. The van der Waals surface area contributed by atoms with Crippen LogP contribution in [0.5, 0.6) is 0 Å². The number of amides is 2. The molecule has 3 aromatic rings. The molecule has 2 aromatic heterocycles. The van der Waals surface area contributed by atoms with Crippen LogP contribution in [-0.2, 0) is 13.1 Å². The van der Waals surface area contributed by atoms with E-state index in [1.54, 1.807) is 35.7 Å². The number of carbonyl (C=O) groups excluding carboxylic acids is 2. The molecule has 8 heteroatoms. The Morgan fingerprint density at radius 3 is 2.67 bits per heavy atom. The molecule has 1 aromatic carbocycles. The van der Waals surface area contributed by atoms with Gasteiger partial charge in [-0.3, -0.25) is 19.0 Å². The first-order chi connectivity index (χ1) is 13.0. The first kappa shape index (κ1) is 18.4. The first-order valence-electron chi connectivity index (χ1n) is 8.64. The number of benzene rings is 1. The zero-order chi connectivity index (χ0) is 19.4. The topological polar surface area (TPSA) is 85.0 Å². The lowest BCUT2D eigenvalue weighted by atomic mass is 10.1. The minimum Gasteiger partial charge on any atom is -0.343 e. The largest absolute Gasteiger partial charge is 0.343 e. The van der Waals surface area contributed by atoms with Crippen LogP contribution >= 0.6 is 0 Å². The molecule has 0 atom stereocenters. The Morgan fingerprint density at radius 2 is 2.00 bits per heavy atom. The molecule has 0 unspecified atom stereocenters. The van der Waals surface area contributed by atoms with Gasteiger partial charge in [0.25, 0.3) is 11.8 Å². The van der Waals surface area contributed by atoms with Gasteiger partial charge in [-0.2, -0.15) is 10.2 Å². The number of rotatable bonds is 6. The molecule has 0 saturated carbocycles. The van der Waals surface area contributed by atoms with Gasteiger partial charge in [0, 0.05) is 38.6 Å². The number of hydrogen-bond acceptors (Lipinski definition) is 4. The van der Waals surface area contributed by atoms with Crippen LogP contribution < -0.4 is 5.32 Å². The number of carbonyl (C=O) groups is 2. The molecule has 0 fully saturated rings. The molecule has 2 heterocycles. The second-order valence-electron chi connectivity index (χ2n) is 6.28. The van der Waals surface area contributed by atoms with Crippen LogP contribution in [0.15, 0.2) is 48.9 Å². The van der Waals surface area contributed by atoms with Crippen LogP contribution in [0.25, 0.3) is 0 Å². The number of nitrogens with zero attached hydrogens (tertiary/aromatic N) is 5. The van der Waals surface area contributed by atoms with Crippen LogP contribution in [0.3, 0.4) is 0 Å². The molecule has 0 bridgehead atoms. The Morgan fingerprint density at radius 1 is 1.19 bits per heavy atom. The molecule has 0 aliphatic rings. The fraction of sp³-hybridized carbons (Fsp3) is 0.263. The molecule has 8 nitrogen and oxygen atoms in total. The molecular formula is C19H22N6O2. The lowest BCUT2D eigenvalue weighted by Crippen LogP contribution is -2.26. The summed E-state index contributed by atoms with van der Waals surface area (Å²) >= 11 is 0. The average Bonchev–Trinajstić information content (AvgIpc) is 3.30. The monoisotopic (exact) mass is 366 g/mol. The fourth-order valence-corrected chi connectivity index (χ4v) is 2.74. The SMILES string of the molecule is CCn1ncc(NC(=O)c2cccc(Cn3cccn3)c2)c1C(=O)N(C)C. The number of hydrogen-bond donors (Lipinski definition) is 1. The second kappa shape index (κ2) is 7.86. The van der Waals surface area contributed by atoms with Gasteiger partial charge in [0.1, 0.15) is 5.69 Å². The minimum atomic E-state index is -0.291. The van der Waals surface area contributed by atoms with Crippen molar-refractivity contribution in [1.29, 1.82) is 0 Å². The van der Waals surface area contributed by atoms with E-state index in [0.717, 1.165) is 5.56 Å². The molecule has 2 amide bonds. The summed E-state index contributed by atoms with van der Waals surface area (Å²) in [6, 6.07) is 9.17. The van der Waals surface area contributed by atoms with Crippen molar-refractivity contribution in [3.05, 3.63) is 65.7 Å². The highest BCUT2D eigenvalue weighted by molar-refractivity contribution is 6.08. The van der Waals surface area contributed by atoms with Gasteiger partial charge in [-0.1, -0.05) is 12.1 Å². The summed E-state index contributed by atoms with van der Waals surface area (Å²) in [4.78, 5) is 26.6. The molecule has 0 spiro atoms. The maximum absolute atomic E-state index is 12.7. The number of aryl methyl sites for hydroxylation is 1. The number of aromatic nitrogens is 4. The Hall–Kier alpha value is -3.42. The van der Waals surface area contributed by atoms with Crippen LogP contribution in [0, 0.1) is 0 Å². The molecule has 0 radical (unpaired) electrons. The van der Waals surface area contributed by atoms with Crippen LogP contribution in [0.4, 0.5) is 5.69 Å². The standard InChI is InChI=1S/C19H22N6O2/c1-4-25-17(19(27)23(2)3)16(12-21-25)22-18(26)15-8-5-7-14(11-15)13-24-10-6-9-20-24/h5-12H,4,13H2,1-3H3,(H,22,26). The molecule has 27 heavy (non-hydrogen) atoms. The van der Waals surface area contributed by atoms with Gasteiger partial charge in [-0.25, -0.2) is 0 Å². The van der Waals surface area contributed by atoms with E-state index in [0.29, 0.717) is 30.0 Å². The van der Waals surface area contributed by atoms with Crippen molar-refractivity contribution in [2.45, 2.75) is 20.0 Å². The predicted octanol–water partition coefficient (Wildman–Crippen LogP) is 2.10. The quantitative estimate of drug-likeness (QED) is 0.724. The van der Waals surface area contributed by atoms with Gasteiger partial charge in [-0.15, -0.1) is 0 Å². The second-order valence-corrected chi connectivity index (χ2v) is 6.28. The Balaban J connectivity index is 1.82. The molecule has 0 saturated heterocycles. The highest BCUT2D eigenvalue weighted by Crippen LogP contribution is 2.18. The van der Waals surface area contributed by atoms with E-state index in [1.165, 1.54) is 11.1 Å². The molecular weight excluding hydrogens is 344 g/mol. The van der Waals surface area contributed by atoms with E-state index in [1.807, 2.05) is 37.4 Å². The summed E-state index contributed by atoms with van der Waals surface area (Å²) in [5.74, 6) is -0.502. The number of anilines is 1. The smallest absolute Gasteiger partial charge is 0.273 e. The summed E-state index contributed by atoms with van der Waals surface area (Å²) in [5, 5.41) is 11.2. The zero-order valence-corrected chi connectivity index (χ0v) is 15.6. The third-order valence-corrected chi connectivity index (χ3v) is 4.09. The van der Waals surface area contributed by atoms with Crippen molar-refractivity contribution in [3.8, 4) is 0 Å². The van der Waals surface area contributed by atoms with Gasteiger partial charge in [0.05, 0.1) is 18.4 Å². The highest BCUT2D eigenvalue weighted by Gasteiger charge is 2.21. The molecule has 1 N–H and O–H groups in total. The Kier molecular flexibility index (Phi) is 5.35. The fourth-order valence-electron chi connectivity index (χ4n) is 2.74. The number of nitrogens with one attached hydrogen (secondary N) is 1. The summed E-state index contributed by atoms with van der Waals surface area (Å²) in [7, 11) is 3.33. The van der Waals surface area contributed by atoms with Gasteiger partial charge in [0.15, 0.2) is 0 Å². The van der Waals surface area contributed by atoms with E-state index in [2.05, 4.69) is 15.5 Å². The molecule has 3 rings (SSSR count). The van der Waals surface area contributed by atoms with E-state index >= 15 is 0 Å². The lowest BCUT2D eigenvalue weighted by molar-refractivity contribution is 0.0816. The Labute approximate surface area is 157 Å². The van der Waals surface area contributed by atoms with Gasteiger partial charge in [-0.05, 0) is 30.7 Å². The first-order valence-corrected chi connectivity index (χ1v) is 8.64. The van der Waals surface area contributed by atoms with Crippen molar-refractivity contribution in [2.24, 2.45) is 0 Å². The van der Waals surface area contributed by atoms with Crippen molar-refractivity contribution in [3.63, 3.8) is 0 Å². The van der Waals surface area contributed by atoms with Crippen molar-refractivity contribution in [2.75, 3.05) is 19.4 Å². The average molecular weight is 366 g/mol. The van der Waals surface area contributed by atoms with E-state index < -0.39 is 0 Å². The third kappa shape index (κ3) is 4.05. The van der Waals surface area contributed by atoms with Crippen LogP contribution in [0.2, 0.25) is 0 Å². The molecule has 140 valence electrons. The zero-order valence-electron chi connectivity index (χ0n) is 15.6. The summed E-state index contributed by atoms with van der Waals surface area (Å²) in [5.41, 5.74) is 2.23. The van der Waals surface area contributed by atoms with Crippen molar-refractivity contribution >= 4 is 17.5 Å². The van der Waals surface area contributed by atoms with Gasteiger partial charge >= 0.3 is 0 Å². The highest BCUT2D eigenvalue weighted by atomic mass is 16.2. The molecule has 0 aliphatic carbocycles. The van der Waals surface area contributed by atoms with Gasteiger partial charge in [0.2, 0.25) is 0 Å². The lowest BCUT2D eigenvalue weighted by Gasteiger charge is -2.13. The van der Waals surface area contributed by atoms with E-state index in [9.17, 15) is 9.59 Å². The van der Waals surface area contributed by atoms with E-state index in [4.69, 9.17) is 0 Å². The summed E-state index contributed by atoms with van der Waals surface area (Å²) in [6.45, 7) is 3.00. The normalized spacial score (nSPS) is 10.6. The van der Waals surface area contributed by atoms with Crippen LogP contribution in [0.1, 0.15) is 33.3 Å². The van der Waals surface area contributed by atoms with Crippen molar-refractivity contribution in [1.82, 2.24) is 24.5 Å². The minimum absolute atomic E-state index is 0.211. The predicted molar refractivity (Wildman–Crippen MR) is 102 cm³/mol. The van der Waals surface area contributed by atoms with Crippen LogP contribution in [-0.4, -0.2) is 50.4 Å². The molecule has 0 aliphatic heterocycles.